The van der Waals surface area contributed by atoms with Crippen LogP contribution in [-0.4, -0.2) is 68.9 Å². The number of benzene rings is 1. The quantitative estimate of drug-likeness (QED) is 0.126. The van der Waals surface area contributed by atoms with Crippen molar-refractivity contribution in [1.82, 2.24) is 0 Å². The maximum Gasteiger partial charge on any atom is 0.338 e. The molecule has 0 amide bonds. The molecule has 0 aliphatic carbocycles. The van der Waals surface area contributed by atoms with Gasteiger partial charge in [-0.05, 0) is 34.8 Å². The van der Waals surface area contributed by atoms with Crippen LogP contribution in [0.1, 0.15) is 63.0 Å². The summed E-state index contributed by atoms with van der Waals surface area (Å²) in [5, 5.41) is 0. The van der Waals surface area contributed by atoms with Crippen molar-refractivity contribution < 1.29 is 23.7 Å². The SMILES string of the molecule is COCCOCCOCCOC(=O)c1cc(C#C[Si](C)(C)C)cc(C#C[Si](C(C)C)(C(C)C)C(C)C)c1. The smallest absolute Gasteiger partial charge is 0.338 e. The Kier molecular flexibility index (Phi) is 14.5. The lowest BCUT2D eigenvalue weighted by Crippen LogP contribution is -2.43. The van der Waals surface area contributed by atoms with Crippen LogP contribution in [0.3, 0.4) is 0 Å². The average molecular weight is 545 g/mol. The predicted octanol–water partition coefficient (Wildman–Crippen LogP) is 6.32. The Morgan fingerprint density at radius 3 is 1.65 bits per heavy atom. The summed E-state index contributed by atoms with van der Waals surface area (Å²) in [7, 11) is -1.85. The van der Waals surface area contributed by atoms with Gasteiger partial charge in [0.25, 0.3) is 0 Å². The van der Waals surface area contributed by atoms with E-state index < -0.39 is 16.1 Å². The summed E-state index contributed by atoms with van der Waals surface area (Å²) in [5.41, 5.74) is 10.8. The highest BCUT2D eigenvalue weighted by atomic mass is 28.3. The molecule has 0 spiro atoms. The molecule has 0 bridgehead atoms. The number of carbonyl (C=O) groups is 1. The lowest BCUT2D eigenvalue weighted by atomic mass is 10.1. The van der Waals surface area contributed by atoms with Crippen molar-refractivity contribution in [2.45, 2.75) is 77.8 Å². The van der Waals surface area contributed by atoms with E-state index in [1.807, 2.05) is 18.2 Å². The fourth-order valence-corrected chi connectivity index (χ4v) is 10.2. The number of methoxy groups -OCH3 is 1. The zero-order chi connectivity index (χ0) is 28.1. The number of ether oxygens (including phenoxy) is 4. The summed E-state index contributed by atoms with van der Waals surface area (Å²) in [6.45, 7) is 22.9. The molecule has 0 N–H and O–H groups in total. The number of esters is 1. The van der Waals surface area contributed by atoms with Crippen molar-refractivity contribution in [2.75, 3.05) is 46.8 Å². The van der Waals surface area contributed by atoms with Gasteiger partial charge in [-0.25, -0.2) is 4.79 Å². The molecule has 0 fully saturated rings. The van der Waals surface area contributed by atoms with Gasteiger partial charge in [0.15, 0.2) is 0 Å². The minimum absolute atomic E-state index is 0.173. The van der Waals surface area contributed by atoms with Gasteiger partial charge >= 0.3 is 5.97 Å². The number of carbonyl (C=O) groups excluding carboxylic acids is 1. The van der Waals surface area contributed by atoms with Crippen LogP contribution in [0.4, 0.5) is 0 Å². The lowest BCUT2D eigenvalue weighted by Gasteiger charge is -2.38. The van der Waals surface area contributed by atoms with Gasteiger partial charge in [-0.2, -0.15) is 0 Å². The van der Waals surface area contributed by atoms with Gasteiger partial charge in [-0.3, -0.25) is 0 Å². The molecule has 0 radical (unpaired) electrons. The molecule has 5 nitrogen and oxygen atoms in total. The monoisotopic (exact) mass is 544 g/mol. The lowest BCUT2D eigenvalue weighted by molar-refractivity contribution is 0.00570. The standard InChI is InChI=1S/C30H48O5Si2/c1-24(2)37(25(3)4,26(5)6)20-12-28-21-27(11-19-36(8,9)10)22-29(23-28)30(31)35-18-17-34-16-15-33-14-13-32-7/h21-26H,13-18H2,1-10H3. The Morgan fingerprint density at radius 2 is 1.19 bits per heavy atom. The maximum absolute atomic E-state index is 12.9. The second-order valence-electron chi connectivity index (χ2n) is 11.3. The molecule has 7 heteroatoms. The Labute approximate surface area is 228 Å². The molecular formula is C30H48O5Si2. The van der Waals surface area contributed by atoms with Crippen LogP contribution in [0.25, 0.3) is 0 Å². The summed E-state index contributed by atoms with van der Waals surface area (Å²) < 4.78 is 21.3. The highest BCUT2D eigenvalue weighted by Gasteiger charge is 2.41. The number of hydrogen-bond acceptors (Lipinski definition) is 5. The van der Waals surface area contributed by atoms with Gasteiger partial charge in [0.2, 0.25) is 0 Å². The third-order valence-corrected chi connectivity index (χ3v) is 13.5. The van der Waals surface area contributed by atoms with E-state index in [2.05, 4.69) is 84.1 Å². The molecule has 1 rings (SSSR count). The summed E-state index contributed by atoms with van der Waals surface area (Å²) >= 11 is 0. The molecule has 0 heterocycles. The van der Waals surface area contributed by atoms with E-state index in [1.165, 1.54) is 0 Å². The van der Waals surface area contributed by atoms with Gasteiger partial charge in [-0.1, -0.05) is 73.0 Å². The van der Waals surface area contributed by atoms with Crippen molar-refractivity contribution in [3.63, 3.8) is 0 Å². The largest absolute Gasteiger partial charge is 0.460 e. The Bertz CT molecular complexity index is 950. The van der Waals surface area contributed by atoms with Crippen molar-refractivity contribution in [2.24, 2.45) is 0 Å². The first-order valence-electron chi connectivity index (χ1n) is 13.4. The van der Waals surface area contributed by atoms with Gasteiger partial charge < -0.3 is 18.9 Å². The molecule has 1 aromatic carbocycles. The molecule has 0 atom stereocenters. The molecule has 206 valence electrons. The highest BCUT2D eigenvalue weighted by molar-refractivity contribution is 6.90. The van der Waals surface area contributed by atoms with Gasteiger partial charge in [0.1, 0.15) is 22.8 Å². The summed E-state index contributed by atoms with van der Waals surface area (Å²) in [4.78, 5) is 12.9. The van der Waals surface area contributed by atoms with Gasteiger partial charge in [-0.15, -0.1) is 11.1 Å². The van der Waals surface area contributed by atoms with Gasteiger partial charge in [0.05, 0.1) is 38.6 Å². The third-order valence-electron chi connectivity index (χ3n) is 6.30. The summed E-state index contributed by atoms with van der Waals surface area (Å²) in [6.07, 6.45) is 0. The van der Waals surface area contributed by atoms with E-state index in [4.69, 9.17) is 18.9 Å². The second-order valence-corrected chi connectivity index (χ2v) is 21.6. The first-order chi connectivity index (χ1) is 17.3. The number of hydrogen-bond donors (Lipinski definition) is 0. The predicted molar refractivity (Wildman–Crippen MR) is 158 cm³/mol. The van der Waals surface area contributed by atoms with Gasteiger partial charge in [0, 0.05) is 18.2 Å². The Balaban J connectivity index is 3.10. The molecule has 0 saturated heterocycles. The molecule has 0 aliphatic rings. The molecule has 1 aromatic rings. The molecule has 37 heavy (non-hydrogen) atoms. The van der Waals surface area contributed by atoms with E-state index >= 15 is 0 Å². The summed E-state index contributed by atoms with van der Waals surface area (Å²) in [6, 6.07) is 5.65. The number of rotatable bonds is 13. The van der Waals surface area contributed by atoms with Crippen molar-refractivity contribution in [1.29, 1.82) is 0 Å². The van der Waals surface area contributed by atoms with Crippen molar-refractivity contribution >= 4 is 22.1 Å². The van der Waals surface area contributed by atoms with Crippen LogP contribution in [-0.2, 0) is 18.9 Å². The van der Waals surface area contributed by atoms with Crippen molar-refractivity contribution in [3.8, 4) is 22.9 Å². The first-order valence-corrected chi connectivity index (χ1v) is 19.1. The Morgan fingerprint density at radius 1 is 0.730 bits per heavy atom. The molecule has 0 saturated carbocycles. The minimum atomic E-state index is -1.91. The molecule has 0 unspecified atom stereocenters. The van der Waals surface area contributed by atoms with Crippen LogP contribution < -0.4 is 0 Å². The van der Waals surface area contributed by atoms with Crippen LogP contribution in [0.2, 0.25) is 36.3 Å². The van der Waals surface area contributed by atoms with Crippen LogP contribution in [0.5, 0.6) is 0 Å². The van der Waals surface area contributed by atoms with Crippen LogP contribution in [0, 0.1) is 22.9 Å². The van der Waals surface area contributed by atoms with E-state index in [-0.39, 0.29) is 12.6 Å². The fourth-order valence-electron chi connectivity index (χ4n) is 4.50. The normalized spacial score (nSPS) is 11.8. The van der Waals surface area contributed by atoms with Crippen LogP contribution >= 0.6 is 0 Å². The average Bonchev–Trinajstić information content (AvgIpc) is 2.80. The zero-order valence-electron chi connectivity index (χ0n) is 24.7. The molecular weight excluding hydrogens is 496 g/mol. The van der Waals surface area contributed by atoms with E-state index in [1.54, 1.807) is 7.11 Å². The topological polar surface area (TPSA) is 54.0 Å². The van der Waals surface area contributed by atoms with Crippen molar-refractivity contribution in [3.05, 3.63) is 34.9 Å². The fraction of sp³-hybridized carbons (Fsp3) is 0.633. The summed E-state index contributed by atoms with van der Waals surface area (Å²) in [5.74, 6) is 6.37. The minimum Gasteiger partial charge on any atom is -0.460 e. The third kappa shape index (κ3) is 11.6. The molecule has 0 aliphatic heterocycles. The van der Waals surface area contributed by atoms with E-state index in [9.17, 15) is 4.79 Å². The highest BCUT2D eigenvalue weighted by Crippen LogP contribution is 2.40. The Hall–Kier alpha value is -1.88. The molecule has 0 aromatic heterocycles. The van der Waals surface area contributed by atoms with Crippen LogP contribution in [0.15, 0.2) is 18.2 Å². The second kappa shape index (κ2) is 16.2. The first kappa shape index (κ1) is 33.2. The maximum atomic E-state index is 12.9. The van der Waals surface area contributed by atoms with E-state index in [0.717, 1.165) is 11.1 Å². The van der Waals surface area contributed by atoms with E-state index in [0.29, 0.717) is 55.2 Å². The zero-order valence-corrected chi connectivity index (χ0v) is 26.7.